The van der Waals surface area contributed by atoms with Gasteiger partial charge in [-0.3, -0.25) is 5.26 Å². The molecule has 2 rings (SSSR count). The summed E-state index contributed by atoms with van der Waals surface area (Å²) in [6.45, 7) is 7.01. The standard InChI is InChI=1S/C15H17NO2.C5H14N2.C3H9N/c17-18-12-15-8-6-14(7-9-15)11-16-10-13-4-2-1-3-5-13;1-3-4-7-5(2)6;1-4(2)3/h1-9,16-17H,10-12H2;5,7H,3-4,6H2,1-2H3;1-3H3. The lowest BCUT2D eigenvalue weighted by Crippen LogP contribution is -2.34. The molecular weight excluding hydrogens is 364 g/mol. The van der Waals surface area contributed by atoms with Crippen LogP contribution in [0.25, 0.3) is 0 Å². The molecule has 0 radical (unpaired) electrons. The third kappa shape index (κ3) is 18.0. The second-order valence-corrected chi connectivity index (χ2v) is 7.26. The Hall–Kier alpha value is -1.80. The Balaban J connectivity index is 0.000000594. The lowest BCUT2D eigenvalue weighted by atomic mass is 10.1. The molecule has 2 aromatic carbocycles. The van der Waals surface area contributed by atoms with E-state index in [0.29, 0.717) is 0 Å². The molecule has 164 valence electrons. The molecular formula is C23H40N4O2. The summed E-state index contributed by atoms with van der Waals surface area (Å²) in [6, 6.07) is 18.3. The van der Waals surface area contributed by atoms with Gasteiger partial charge in [0.15, 0.2) is 0 Å². The molecule has 1 atom stereocenters. The Morgan fingerprint density at radius 3 is 1.83 bits per heavy atom. The van der Waals surface area contributed by atoms with Crippen LogP contribution < -0.4 is 16.4 Å². The number of nitrogens with two attached hydrogens (primary N) is 1. The van der Waals surface area contributed by atoms with Gasteiger partial charge in [0.05, 0.1) is 6.17 Å². The van der Waals surface area contributed by atoms with Crippen molar-refractivity contribution in [3.8, 4) is 0 Å². The van der Waals surface area contributed by atoms with Gasteiger partial charge in [0.2, 0.25) is 0 Å². The average molecular weight is 405 g/mol. The van der Waals surface area contributed by atoms with Crippen molar-refractivity contribution in [1.82, 2.24) is 15.5 Å². The minimum atomic E-state index is 0.153. The minimum absolute atomic E-state index is 0.153. The first-order chi connectivity index (χ1) is 13.9. The number of hydrogen-bond acceptors (Lipinski definition) is 6. The van der Waals surface area contributed by atoms with Crippen LogP contribution in [0.3, 0.4) is 0 Å². The highest BCUT2D eigenvalue weighted by Crippen LogP contribution is 2.06. The molecule has 0 saturated carbocycles. The van der Waals surface area contributed by atoms with Crippen LogP contribution in [-0.2, 0) is 24.6 Å². The predicted molar refractivity (Wildman–Crippen MR) is 122 cm³/mol. The average Bonchev–Trinajstić information content (AvgIpc) is 2.69. The first-order valence-electron chi connectivity index (χ1n) is 10.1. The third-order valence-electron chi connectivity index (χ3n) is 3.47. The van der Waals surface area contributed by atoms with E-state index in [2.05, 4.69) is 34.6 Å². The molecule has 5 N–H and O–H groups in total. The Bertz CT molecular complexity index is 587. The number of hydrogen-bond donors (Lipinski definition) is 4. The zero-order valence-corrected chi connectivity index (χ0v) is 18.7. The van der Waals surface area contributed by atoms with Gasteiger partial charge in [0, 0.05) is 13.1 Å². The molecule has 0 spiro atoms. The fourth-order valence-electron chi connectivity index (χ4n) is 2.15. The van der Waals surface area contributed by atoms with Crippen molar-refractivity contribution in [2.75, 3.05) is 27.7 Å². The molecule has 0 amide bonds. The zero-order valence-electron chi connectivity index (χ0n) is 18.7. The van der Waals surface area contributed by atoms with E-state index in [1.807, 2.05) is 75.4 Å². The molecule has 6 heteroatoms. The highest BCUT2D eigenvalue weighted by atomic mass is 17.1. The summed E-state index contributed by atoms with van der Waals surface area (Å²) in [5.74, 6) is 0. The van der Waals surface area contributed by atoms with E-state index in [1.165, 1.54) is 11.1 Å². The van der Waals surface area contributed by atoms with Crippen molar-refractivity contribution in [3.63, 3.8) is 0 Å². The maximum Gasteiger partial charge on any atom is 0.107 e. The summed E-state index contributed by atoms with van der Waals surface area (Å²) < 4.78 is 0. The van der Waals surface area contributed by atoms with Crippen molar-refractivity contribution in [2.45, 2.75) is 46.1 Å². The first-order valence-corrected chi connectivity index (χ1v) is 10.1. The van der Waals surface area contributed by atoms with E-state index < -0.39 is 0 Å². The van der Waals surface area contributed by atoms with Crippen LogP contribution in [-0.4, -0.2) is 44.0 Å². The summed E-state index contributed by atoms with van der Waals surface area (Å²) in [7, 11) is 6.00. The summed E-state index contributed by atoms with van der Waals surface area (Å²) in [5.41, 5.74) is 8.83. The number of rotatable bonds is 9. The molecule has 6 nitrogen and oxygen atoms in total. The lowest BCUT2D eigenvalue weighted by Gasteiger charge is -2.06. The summed E-state index contributed by atoms with van der Waals surface area (Å²) in [6.07, 6.45) is 1.31. The maximum absolute atomic E-state index is 8.34. The SMILES string of the molecule is CCCNC(C)N.CN(C)C.OOCc1ccc(CNCc2ccccc2)cc1. The van der Waals surface area contributed by atoms with E-state index in [4.69, 9.17) is 11.0 Å². The van der Waals surface area contributed by atoms with E-state index >= 15 is 0 Å². The second kappa shape index (κ2) is 18.2. The van der Waals surface area contributed by atoms with Crippen molar-refractivity contribution in [1.29, 1.82) is 0 Å². The molecule has 0 aliphatic carbocycles. The number of benzene rings is 2. The van der Waals surface area contributed by atoms with Gasteiger partial charge in [-0.15, -0.1) is 0 Å². The van der Waals surface area contributed by atoms with Crippen molar-refractivity contribution in [2.24, 2.45) is 5.73 Å². The van der Waals surface area contributed by atoms with E-state index in [9.17, 15) is 0 Å². The fraction of sp³-hybridized carbons (Fsp3) is 0.478. The van der Waals surface area contributed by atoms with Crippen LogP contribution in [0.15, 0.2) is 54.6 Å². The largest absolute Gasteiger partial charge is 0.316 e. The highest BCUT2D eigenvalue weighted by molar-refractivity contribution is 5.22. The van der Waals surface area contributed by atoms with Crippen LogP contribution in [0.5, 0.6) is 0 Å². The first kappa shape index (κ1) is 27.2. The molecule has 0 heterocycles. The van der Waals surface area contributed by atoms with Gasteiger partial charge in [-0.25, -0.2) is 4.89 Å². The van der Waals surface area contributed by atoms with E-state index in [0.717, 1.165) is 31.6 Å². The number of nitrogens with one attached hydrogen (secondary N) is 2. The van der Waals surface area contributed by atoms with Gasteiger partial charge < -0.3 is 21.3 Å². The monoisotopic (exact) mass is 404 g/mol. The molecule has 2 aromatic rings. The Morgan fingerprint density at radius 2 is 1.41 bits per heavy atom. The van der Waals surface area contributed by atoms with Gasteiger partial charge >= 0.3 is 0 Å². The second-order valence-electron chi connectivity index (χ2n) is 7.26. The Kier molecular flexibility index (Phi) is 17.1. The molecule has 0 aliphatic heterocycles. The summed E-state index contributed by atoms with van der Waals surface area (Å²) in [4.78, 5) is 6.09. The Morgan fingerprint density at radius 1 is 0.931 bits per heavy atom. The van der Waals surface area contributed by atoms with Gasteiger partial charge in [0.1, 0.15) is 6.61 Å². The van der Waals surface area contributed by atoms with Crippen molar-refractivity contribution >= 4 is 0 Å². The molecule has 0 aromatic heterocycles. The molecule has 0 aliphatic rings. The van der Waals surface area contributed by atoms with Crippen molar-refractivity contribution < 1.29 is 10.1 Å². The summed E-state index contributed by atoms with van der Waals surface area (Å²) >= 11 is 0. The number of nitrogens with zero attached hydrogens (tertiary/aromatic N) is 1. The van der Waals surface area contributed by atoms with E-state index in [-0.39, 0.29) is 12.8 Å². The van der Waals surface area contributed by atoms with Crippen LogP contribution in [0.2, 0.25) is 0 Å². The van der Waals surface area contributed by atoms with Crippen LogP contribution in [0.4, 0.5) is 0 Å². The topological polar surface area (TPSA) is 82.8 Å². The molecule has 1 unspecified atom stereocenters. The molecule has 0 saturated heterocycles. The fourth-order valence-corrected chi connectivity index (χ4v) is 2.15. The van der Waals surface area contributed by atoms with Crippen LogP contribution >= 0.6 is 0 Å². The minimum Gasteiger partial charge on any atom is -0.316 e. The normalized spacial score (nSPS) is 11.2. The third-order valence-corrected chi connectivity index (χ3v) is 3.47. The maximum atomic E-state index is 8.34. The Labute approximate surface area is 177 Å². The smallest absolute Gasteiger partial charge is 0.107 e. The molecule has 0 bridgehead atoms. The lowest BCUT2D eigenvalue weighted by molar-refractivity contribution is -0.253. The molecule has 29 heavy (non-hydrogen) atoms. The quantitative estimate of drug-likeness (QED) is 0.291. The van der Waals surface area contributed by atoms with Crippen LogP contribution in [0, 0.1) is 0 Å². The highest BCUT2D eigenvalue weighted by Gasteiger charge is 1.96. The summed E-state index contributed by atoms with van der Waals surface area (Å²) in [5, 5.41) is 14.8. The van der Waals surface area contributed by atoms with Gasteiger partial charge in [-0.2, -0.15) is 0 Å². The van der Waals surface area contributed by atoms with Crippen LogP contribution in [0.1, 0.15) is 37.0 Å². The van der Waals surface area contributed by atoms with Gasteiger partial charge in [-0.05, 0) is 57.7 Å². The van der Waals surface area contributed by atoms with E-state index in [1.54, 1.807) is 0 Å². The predicted octanol–water partition coefficient (Wildman–Crippen LogP) is 3.43. The van der Waals surface area contributed by atoms with Gasteiger partial charge in [0.25, 0.3) is 0 Å². The van der Waals surface area contributed by atoms with Crippen molar-refractivity contribution in [3.05, 3.63) is 71.3 Å². The zero-order chi connectivity index (χ0) is 21.9. The van der Waals surface area contributed by atoms with Gasteiger partial charge in [-0.1, -0.05) is 61.5 Å². The molecule has 0 fully saturated rings.